The Bertz CT molecular complexity index is 626. The van der Waals surface area contributed by atoms with Gasteiger partial charge in [0.25, 0.3) is 5.91 Å². The van der Waals surface area contributed by atoms with E-state index in [-0.39, 0.29) is 5.91 Å². The van der Waals surface area contributed by atoms with Crippen molar-refractivity contribution < 1.29 is 4.79 Å². The third-order valence-corrected chi connectivity index (χ3v) is 6.00. The van der Waals surface area contributed by atoms with Gasteiger partial charge in [-0.1, -0.05) is 23.2 Å². The predicted molar refractivity (Wildman–Crippen MR) is 88.4 cm³/mol. The molecule has 1 aromatic carbocycles. The van der Waals surface area contributed by atoms with E-state index in [0.29, 0.717) is 27.4 Å². The van der Waals surface area contributed by atoms with Gasteiger partial charge in [-0.15, -0.1) is 0 Å². The number of hydrogen-bond acceptors (Lipinski definition) is 2. The summed E-state index contributed by atoms with van der Waals surface area (Å²) in [5.74, 6) is 2.64. The average Bonchev–Trinajstić information content (AvgIpc) is 2.48. The summed E-state index contributed by atoms with van der Waals surface area (Å²) in [4.78, 5) is 12.3. The van der Waals surface area contributed by atoms with Gasteiger partial charge in [0.15, 0.2) is 0 Å². The van der Waals surface area contributed by atoms with Gasteiger partial charge in [0.05, 0.1) is 10.6 Å². The second kappa shape index (κ2) is 5.54. The number of hydrazone groups is 1. The summed E-state index contributed by atoms with van der Waals surface area (Å²) >= 11 is 12.0. The van der Waals surface area contributed by atoms with E-state index >= 15 is 0 Å². The Morgan fingerprint density at radius 2 is 1.68 bits per heavy atom. The summed E-state index contributed by atoms with van der Waals surface area (Å²) < 4.78 is 0. The van der Waals surface area contributed by atoms with E-state index in [1.54, 1.807) is 18.2 Å². The molecule has 4 aliphatic rings. The van der Waals surface area contributed by atoms with Crippen molar-refractivity contribution in [3.05, 3.63) is 33.8 Å². The highest BCUT2D eigenvalue weighted by Gasteiger charge is 2.46. The topological polar surface area (TPSA) is 41.5 Å². The van der Waals surface area contributed by atoms with Gasteiger partial charge in [-0.2, -0.15) is 5.10 Å². The van der Waals surface area contributed by atoms with Crippen molar-refractivity contribution in [1.82, 2.24) is 5.43 Å². The first-order chi connectivity index (χ1) is 10.6. The summed E-state index contributed by atoms with van der Waals surface area (Å²) in [5.41, 5.74) is 4.29. The van der Waals surface area contributed by atoms with Crippen LogP contribution in [0.4, 0.5) is 0 Å². The predicted octanol–water partition coefficient (Wildman–Crippen LogP) is 4.54. The van der Waals surface area contributed by atoms with Crippen LogP contribution in [0.5, 0.6) is 0 Å². The third-order valence-electron chi connectivity index (χ3n) is 5.43. The van der Waals surface area contributed by atoms with Crippen LogP contribution in [0.2, 0.25) is 10.0 Å². The molecule has 0 aromatic heterocycles. The molecule has 0 spiro atoms. The van der Waals surface area contributed by atoms with Gasteiger partial charge in [0, 0.05) is 10.7 Å². The van der Waals surface area contributed by atoms with Crippen LogP contribution in [0.15, 0.2) is 23.3 Å². The number of amides is 1. The molecule has 4 aliphatic carbocycles. The SMILES string of the molecule is O=C(NN=C1C2CC3CC(C2)CC1C3)c1cc(Cl)ccc1Cl. The van der Waals surface area contributed by atoms with Crippen molar-refractivity contribution in [2.24, 2.45) is 28.8 Å². The molecular formula is C17H18Cl2N2O. The summed E-state index contributed by atoms with van der Waals surface area (Å²) in [6.07, 6.45) is 6.41. The van der Waals surface area contributed by atoms with Crippen LogP contribution < -0.4 is 5.43 Å². The van der Waals surface area contributed by atoms with E-state index in [4.69, 9.17) is 23.2 Å². The third kappa shape index (κ3) is 2.55. The van der Waals surface area contributed by atoms with Crippen LogP contribution >= 0.6 is 23.2 Å². The van der Waals surface area contributed by atoms with Crippen molar-refractivity contribution in [2.75, 3.05) is 0 Å². The summed E-state index contributed by atoms with van der Waals surface area (Å²) in [6.45, 7) is 0. The average molecular weight is 337 g/mol. The summed E-state index contributed by atoms with van der Waals surface area (Å²) in [7, 11) is 0. The van der Waals surface area contributed by atoms with E-state index in [2.05, 4.69) is 10.5 Å². The molecule has 5 rings (SSSR count). The molecule has 4 bridgehead atoms. The lowest BCUT2D eigenvalue weighted by atomic mass is 9.55. The molecule has 5 heteroatoms. The molecule has 0 radical (unpaired) electrons. The maximum Gasteiger partial charge on any atom is 0.272 e. The molecule has 22 heavy (non-hydrogen) atoms. The molecule has 4 fully saturated rings. The molecule has 0 unspecified atom stereocenters. The number of carbonyl (C=O) groups is 1. The van der Waals surface area contributed by atoms with E-state index in [9.17, 15) is 4.79 Å². The van der Waals surface area contributed by atoms with Crippen LogP contribution in [-0.4, -0.2) is 11.6 Å². The molecule has 0 heterocycles. The van der Waals surface area contributed by atoms with Gasteiger partial charge < -0.3 is 0 Å². The van der Waals surface area contributed by atoms with E-state index in [1.807, 2.05) is 0 Å². The number of carbonyl (C=O) groups excluding carboxylic acids is 1. The minimum Gasteiger partial charge on any atom is -0.267 e. The van der Waals surface area contributed by atoms with Crippen molar-refractivity contribution in [1.29, 1.82) is 0 Å². The second-order valence-electron chi connectivity index (χ2n) is 6.91. The van der Waals surface area contributed by atoms with E-state index in [0.717, 1.165) is 11.8 Å². The van der Waals surface area contributed by atoms with Crippen LogP contribution in [0, 0.1) is 23.7 Å². The van der Waals surface area contributed by atoms with Gasteiger partial charge in [-0.05, 0) is 74.0 Å². The molecule has 116 valence electrons. The Balaban J connectivity index is 1.52. The number of halogens is 2. The summed E-state index contributed by atoms with van der Waals surface area (Å²) in [5, 5.41) is 5.38. The number of nitrogens with one attached hydrogen (secondary N) is 1. The number of hydrogen-bond donors (Lipinski definition) is 1. The lowest BCUT2D eigenvalue weighted by molar-refractivity contribution is 0.0942. The molecule has 0 saturated heterocycles. The number of benzene rings is 1. The maximum absolute atomic E-state index is 12.3. The lowest BCUT2D eigenvalue weighted by Crippen LogP contribution is -2.46. The van der Waals surface area contributed by atoms with Crippen molar-refractivity contribution >= 4 is 34.8 Å². The second-order valence-corrected chi connectivity index (χ2v) is 7.75. The normalized spacial score (nSPS) is 32.2. The van der Waals surface area contributed by atoms with Gasteiger partial charge in [-0.3, -0.25) is 4.79 Å². The zero-order chi connectivity index (χ0) is 15.3. The molecule has 0 aliphatic heterocycles. The minimum atomic E-state index is -0.284. The first-order valence-electron chi connectivity index (χ1n) is 7.93. The van der Waals surface area contributed by atoms with Gasteiger partial charge in [0.1, 0.15) is 0 Å². The lowest BCUT2D eigenvalue weighted by Gasteiger charge is -2.50. The largest absolute Gasteiger partial charge is 0.272 e. The molecule has 1 amide bonds. The van der Waals surface area contributed by atoms with Crippen LogP contribution in [0.1, 0.15) is 42.5 Å². The first kappa shape index (κ1) is 14.5. The van der Waals surface area contributed by atoms with Crippen LogP contribution in [0.25, 0.3) is 0 Å². The molecule has 0 atom stereocenters. The molecular weight excluding hydrogens is 319 g/mol. The quantitative estimate of drug-likeness (QED) is 0.791. The minimum absolute atomic E-state index is 0.284. The van der Waals surface area contributed by atoms with E-state index in [1.165, 1.54) is 37.8 Å². The Hall–Kier alpha value is -1.06. The zero-order valence-corrected chi connectivity index (χ0v) is 13.7. The van der Waals surface area contributed by atoms with Crippen molar-refractivity contribution in [3.63, 3.8) is 0 Å². The molecule has 1 aromatic rings. The van der Waals surface area contributed by atoms with Gasteiger partial charge in [0.2, 0.25) is 0 Å². The Labute approximate surface area is 140 Å². The highest BCUT2D eigenvalue weighted by Crippen LogP contribution is 2.52. The van der Waals surface area contributed by atoms with Crippen molar-refractivity contribution in [2.45, 2.75) is 32.1 Å². The zero-order valence-electron chi connectivity index (χ0n) is 12.2. The monoisotopic (exact) mass is 336 g/mol. The molecule has 1 N–H and O–H groups in total. The highest BCUT2D eigenvalue weighted by atomic mass is 35.5. The number of rotatable bonds is 2. The first-order valence-corrected chi connectivity index (χ1v) is 8.68. The van der Waals surface area contributed by atoms with Crippen LogP contribution in [-0.2, 0) is 0 Å². The Morgan fingerprint density at radius 3 is 2.32 bits per heavy atom. The van der Waals surface area contributed by atoms with Gasteiger partial charge in [-0.25, -0.2) is 5.43 Å². The maximum atomic E-state index is 12.3. The fraction of sp³-hybridized carbons (Fsp3) is 0.529. The standard InChI is InChI=1S/C17H18Cl2N2O/c18-13-1-2-15(19)14(8-13)17(22)21-20-16-11-4-9-3-10(6-11)7-12(16)5-9/h1-2,8-12H,3-7H2,(H,21,22). The smallest absolute Gasteiger partial charge is 0.267 e. The summed E-state index contributed by atoms with van der Waals surface area (Å²) in [6, 6.07) is 4.88. The number of nitrogens with zero attached hydrogens (tertiary/aromatic N) is 1. The Kier molecular flexibility index (Phi) is 3.66. The van der Waals surface area contributed by atoms with Crippen LogP contribution in [0.3, 0.4) is 0 Å². The highest BCUT2D eigenvalue weighted by molar-refractivity contribution is 6.35. The van der Waals surface area contributed by atoms with E-state index < -0.39 is 0 Å². The van der Waals surface area contributed by atoms with Crippen molar-refractivity contribution in [3.8, 4) is 0 Å². The van der Waals surface area contributed by atoms with Gasteiger partial charge >= 0.3 is 0 Å². The molecule has 4 saturated carbocycles. The molecule has 3 nitrogen and oxygen atoms in total. The fourth-order valence-electron chi connectivity index (χ4n) is 4.70. The Morgan fingerprint density at radius 1 is 1.05 bits per heavy atom. The fourth-order valence-corrected chi connectivity index (χ4v) is 5.07.